The number of ether oxygens (including phenoxy) is 1. The van der Waals surface area contributed by atoms with Crippen molar-refractivity contribution in [3.05, 3.63) is 24.1 Å². The molecule has 2 heteroatoms. The summed E-state index contributed by atoms with van der Waals surface area (Å²) in [6.07, 6.45) is 7.05. The van der Waals surface area contributed by atoms with Crippen molar-refractivity contribution in [2.45, 2.75) is 45.6 Å². The smallest absolute Gasteiger partial charge is 0.138 e. The lowest BCUT2D eigenvalue weighted by molar-refractivity contribution is 0.200. The van der Waals surface area contributed by atoms with Gasteiger partial charge in [-0.25, -0.2) is 0 Å². The molecule has 1 aliphatic carbocycles. The van der Waals surface area contributed by atoms with Gasteiger partial charge < -0.3 is 10.1 Å². The van der Waals surface area contributed by atoms with Gasteiger partial charge in [0, 0.05) is 6.54 Å². The van der Waals surface area contributed by atoms with Crippen molar-refractivity contribution in [3.63, 3.8) is 0 Å². The van der Waals surface area contributed by atoms with E-state index in [-0.39, 0.29) is 0 Å². The van der Waals surface area contributed by atoms with E-state index in [4.69, 9.17) is 4.74 Å². The lowest BCUT2D eigenvalue weighted by Gasteiger charge is -2.13. The quantitative estimate of drug-likeness (QED) is 0.498. The van der Waals surface area contributed by atoms with E-state index in [2.05, 4.69) is 31.8 Å². The van der Waals surface area contributed by atoms with E-state index in [1.807, 2.05) is 0 Å². The fourth-order valence-electron chi connectivity index (χ4n) is 1.16. The summed E-state index contributed by atoms with van der Waals surface area (Å²) >= 11 is 0. The molecule has 1 N–H and O–H groups in total. The predicted octanol–water partition coefficient (Wildman–Crippen LogP) is 2.97. The van der Waals surface area contributed by atoms with Crippen LogP contribution in [0.3, 0.4) is 0 Å². The summed E-state index contributed by atoms with van der Waals surface area (Å²) in [5.41, 5.74) is 0.931. The molecule has 1 saturated carbocycles. The monoisotopic (exact) mass is 195 g/mol. The van der Waals surface area contributed by atoms with E-state index < -0.39 is 0 Å². The van der Waals surface area contributed by atoms with Crippen molar-refractivity contribution < 1.29 is 4.74 Å². The maximum Gasteiger partial charge on any atom is 0.138 e. The summed E-state index contributed by atoms with van der Waals surface area (Å²) < 4.78 is 5.76. The number of rotatable bonds is 7. The van der Waals surface area contributed by atoms with Crippen molar-refractivity contribution >= 4 is 0 Å². The zero-order valence-electron chi connectivity index (χ0n) is 9.31. The van der Waals surface area contributed by atoms with E-state index in [9.17, 15) is 0 Å². The topological polar surface area (TPSA) is 21.3 Å². The standard InChI is InChI=1S/C12H21NO/c1-4-6-12(14-11-7-8-11)10(3)13-9-5-2/h6,11,13H,3-5,7-9H2,1-2H3/b12-6+. The molecule has 0 aromatic rings. The average molecular weight is 195 g/mol. The summed E-state index contributed by atoms with van der Waals surface area (Å²) in [6, 6.07) is 0. The molecular formula is C12H21NO. The second-order valence-corrected chi connectivity index (χ2v) is 3.70. The van der Waals surface area contributed by atoms with Gasteiger partial charge in [-0.1, -0.05) is 20.4 Å². The maximum absolute atomic E-state index is 5.76. The molecule has 1 fully saturated rings. The lowest BCUT2D eigenvalue weighted by Crippen LogP contribution is -2.16. The minimum atomic E-state index is 0.452. The van der Waals surface area contributed by atoms with Gasteiger partial charge in [0.25, 0.3) is 0 Å². The van der Waals surface area contributed by atoms with Gasteiger partial charge >= 0.3 is 0 Å². The Balaban J connectivity index is 2.39. The fraction of sp³-hybridized carbons (Fsp3) is 0.667. The van der Waals surface area contributed by atoms with E-state index in [1.54, 1.807) is 0 Å². The highest BCUT2D eigenvalue weighted by Gasteiger charge is 2.24. The molecule has 0 aromatic carbocycles. The van der Waals surface area contributed by atoms with Crippen LogP contribution in [0.1, 0.15) is 39.5 Å². The van der Waals surface area contributed by atoms with E-state index in [0.29, 0.717) is 6.10 Å². The Labute approximate surface area is 87.0 Å². The third kappa shape index (κ3) is 3.86. The first kappa shape index (κ1) is 11.2. The van der Waals surface area contributed by atoms with E-state index in [0.717, 1.165) is 30.8 Å². The van der Waals surface area contributed by atoms with Crippen LogP contribution in [0, 0.1) is 0 Å². The van der Waals surface area contributed by atoms with Gasteiger partial charge in [-0.3, -0.25) is 0 Å². The predicted molar refractivity (Wildman–Crippen MR) is 59.9 cm³/mol. The normalized spacial score (nSPS) is 16.6. The highest BCUT2D eigenvalue weighted by molar-refractivity contribution is 5.21. The second kappa shape index (κ2) is 5.74. The van der Waals surface area contributed by atoms with Gasteiger partial charge in [0.15, 0.2) is 0 Å². The molecule has 0 unspecified atom stereocenters. The van der Waals surface area contributed by atoms with Crippen LogP contribution in [0.2, 0.25) is 0 Å². The lowest BCUT2D eigenvalue weighted by atomic mass is 10.3. The maximum atomic E-state index is 5.76. The van der Waals surface area contributed by atoms with Gasteiger partial charge in [0.2, 0.25) is 0 Å². The molecule has 2 nitrogen and oxygen atoms in total. The van der Waals surface area contributed by atoms with Crippen LogP contribution in [-0.4, -0.2) is 12.6 Å². The van der Waals surface area contributed by atoms with Crippen LogP contribution in [0.15, 0.2) is 24.1 Å². The average Bonchev–Trinajstić information content (AvgIpc) is 2.97. The molecule has 0 amide bonds. The van der Waals surface area contributed by atoms with Gasteiger partial charge in [-0.2, -0.15) is 0 Å². The summed E-state index contributed by atoms with van der Waals surface area (Å²) in [6.45, 7) is 9.21. The molecule has 0 spiro atoms. The number of nitrogens with one attached hydrogen (secondary N) is 1. The molecular weight excluding hydrogens is 174 g/mol. The first-order valence-corrected chi connectivity index (χ1v) is 5.57. The summed E-state index contributed by atoms with van der Waals surface area (Å²) in [7, 11) is 0. The van der Waals surface area contributed by atoms with Crippen LogP contribution in [0.25, 0.3) is 0 Å². The second-order valence-electron chi connectivity index (χ2n) is 3.70. The van der Waals surface area contributed by atoms with Crippen LogP contribution >= 0.6 is 0 Å². The highest BCUT2D eigenvalue weighted by atomic mass is 16.5. The van der Waals surface area contributed by atoms with Crippen LogP contribution in [0.4, 0.5) is 0 Å². The summed E-state index contributed by atoms with van der Waals surface area (Å²) in [5.74, 6) is 0.948. The summed E-state index contributed by atoms with van der Waals surface area (Å²) in [4.78, 5) is 0. The first-order valence-electron chi connectivity index (χ1n) is 5.57. The molecule has 0 saturated heterocycles. The van der Waals surface area contributed by atoms with Crippen molar-refractivity contribution in [2.75, 3.05) is 6.54 Å². The number of hydrogen-bond donors (Lipinski definition) is 1. The molecule has 1 rings (SSSR count). The van der Waals surface area contributed by atoms with Gasteiger partial charge in [0.05, 0.1) is 11.8 Å². The molecule has 14 heavy (non-hydrogen) atoms. The Hall–Kier alpha value is -0.920. The van der Waals surface area contributed by atoms with E-state index in [1.165, 1.54) is 12.8 Å². The van der Waals surface area contributed by atoms with Crippen LogP contribution < -0.4 is 5.32 Å². The van der Waals surface area contributed by atoms with Crippen LogP contribution in [-0.2, 0) is 4.74 Å². The largest absolute Gasteiger partial charge is 0.489 e. The highest BCUT2D eigenvalue weighted by Crippen LogP contribution is 2.27. The number of hydrogen-bond acceptors (Lipinski definition) is 2. The van der Waals surface area contributed by atoms with Gasteiger partial charge in [0.1, 0.15) is 5.76 Å². The molecule has 80 valence electrons. The van der Waals surface area contributed by atoms with Crippen molar-refractivity contribution in [1.82, 2.24) is 5.32 Å². The van der Waals surface area contributed by atoms with Crippen LogP contribution in [0.5, 0.6) is 0 Å². The van der Waals surface area contributed by atoms with Crippen molar-refractivity contribution in [1.29, 1.82) is 0 Å². The molecule has 0 bridgehead atoms. The summed E-state index contributed by atoms with van der Waals surface area (Å²) in [5, 5.41) is 3.26. The van der Waals surface area contributed by atoms with Gasteiger partial charge in [-0.15, -0.1) is 0 Å². The molecule has 0 atom stereocenters. The molecule has 0 aromatic heterocycles. The van der Waals surface area contributed by atoms with Gasteiger partial charge in [-0.05, 0) is 31.8 Å². The molecule has 1 aliphatic rings. The Kier molecular flexibility index (Phi) is 4.57. The Morgan fingerprint density at radius 2 is 2.21 bits per heavy atom. The zero-order chi connectivity index (χ0) is 10.4. The molecule has 0 aliphatic heterocycles. The minimum Gasteiger partial charge on any atom is -0.489 e. The van der Waals surface area contributed by atoms with Crippen molar-refractivity contribution in [2.24, 2.45) is 0 Å². The number of allylic oxidation sites excluding steroid dienone is 1. The third-order valence-corrected chi connectivity index (χ3v) is 2.09. The molecule has 0 radical (unpaired) electrons. The zero-order valence-corrected chi connectivity index (χ0v) is 9.31. The third-order valence-electron chi connectivity index (χ3n) is 2.09. The van der Waals surface area contributed by atoms with E-state index >= 15 is 0 Å². The molecule has 0 heterocycles. The van der Waals surface area contributed by atoms with Crippen molar-refractivity contribution in [3.8, 4) is 0 Å². The Morgan fingerprint density at radius 3 is 2.71 bits per heavy atom. The Bertz CT molecular complexity index is 216. The Morgan fingerprint density at radius 1 is 1.50 bits per heavy atom. The SMILES string of the molecule is C=C(NCCC)/C(=C\CC)OC1CC1. The minimum absolute atomic E-state index is 0.452. The first-order chi connectivity index (χ1) is 6.77. The fourth-order valence-corrected chi connectivity index (χ4v) is 1.16.